The van der Waals surface area contributed by atoms with Crippen LogP contribution in [0.15, 0.2) is 36.7 Å². The number of rotatable bonds is 6. The Hall–Kier alpha value is -2.61. The van der Waals surface area contributed by atoms with Crippen LogP contribution in [-0.2, 0) is 22.8 Å². The summed E-state index contributed by atoms with van der Waals surface area (Å²) in [5.74, 6) is 0.0338. The molecule has 8 nitrogen and oxygen atoms in total. The van der Waals surface area contributed by atoms with E-state index >= 15 is 0 Å². The van der Waals surface area contributed by atoms with Gasteiger partial charge in [-0.05, 0) is 18.4 Å². The van der Waals surface area contributed by atoms with Crippen LogP contribution >= 0.6 is 11.3 Å². The zero-order chi connectivity index (χ0) is 24.5. The van der Waals surface area contributed by atoms with Crippen molar-refractivity contribution in [2.24, 2.45) is 0 Å². The van der Waals surface area contributed by atoms with E-state index in [0.717, 1.165) is 23.8 Å². The lowest BCUT2D eigenvalue weighted by Crippen LogP contribution is -2.42. The van der Waals surface area contributed by atoms with Crippen molar-refractivity contribution in [2.75, 3.05) is 24.7 Å². The van der Waals surface area contributed by atoms with Crippen LogP contribution in [0.1, 0.15) is 24.0 Å². The lowest BCUT2D eigenvalue weighted by molar-refractivity contribution is -0.137. The van der Waals surface area contributed by atoms with Crippen LogP contribution in [-0.4, -0.2) is 58.2 Å². The molecule has 2 N–H and O–H groups in total. The van der Waals surface area contributed by atoms with Crippen LogP contribution in [0.3, 0.4) is 0 Å². The molecule has 1 saturated heterocycles. The second-order valence-electron chi connectivity index (χ2n) is 7.88. The van der Waals surface area contributed by atoms with Crippen molar-refractivity contribution >= 4 is 27.3 Å². The van der Waals surface area contributed by atoms with Crippen LogP contribution < -0.4 is 5.32 Å². The van der Waals surface area contributed by atoms with Crippen molar-refractivity contribution in [2.45, 2.75) is 31.7 Å². The minimum absolute atomic E-state index is 0.0338. The smallest absolute Gasteiger partial charge is 0.392 e. The minimum Gasteiger partial charge on any atom is -0.392 e. The number of hydrogen-bond donors (Lipinski definition) is 2. The lowest BCUT2D eigenvalue weighted by Gasteiger charge is -2.30. The van der Waals surface area contributed by atoms with Gasteiger partial charge in [-0.25, -0.2) is 27.7 Å². The Morgan fingerprint density at radius 2 is 1.88 bits per heavy atom. The molecule has 3 aromatic rings. The van der Waals surface area contributed by atoms with E-state index < -0.39 is 21.8 Å². The highest BCUT2D eigenvalue weighted by molar-refractivity contribution is 7.88. The molecule has 0 atom stereocenters. The van der Waals surface area contributed by atoms with E-state index in [1.807, 2.05) is 0 Å². The van der Waals surface area contributed by atoms with Gasteiger partial charge in [-0.2, -0.15) is 13.2 Å². The van der Waals surface area contributed by atoms with E-state index in [2.05, 4.69) is 20.3 Å². The van der Waals surface area contributed by atoms with Gasteiger partial charge in [-0.15, -0.1) is 11.3 Å². The third-order valence-electron chi connectivity index (χ3n) is 5.51. The molecule has 1 fully saturated rings. The fourth-order valence-electron chi connectivity index (χ4n) is 3.74. The van der Waals surface area contributed by atoms with Gasteiger partial charge in [0.2, 0.25) is 16.0 Å². The van der Waals surface area contributed by atoms with Gasteiger partial charge in [0.05, 0.1) is 23.4 Å². The van der Waals surface area contributed by atoms with Gasteiger partial charge in [0.1, 0.15) is 10.6 Å². The maximum absolute atomic E-state index is 13.7. The van der Waals surface area contributed by atoms with Gasteiger partial charge >= 0.3 is 6.18 Å². The lowest BCUT2D eigenvalue weighted by atomic mass is 10.1. The Morgan fingerprint density at radius 3 is 2.53 bits per heavy atom. The number of alkyl halides is 3. The van der Waals surface area contributed by atoms with Crippen molar-refractivity contribution in [3.05, 3.63) is 47.8 Å². The number of aliphatic hydroxyl groups is 1. The molecule has 2 aromatic heterocycles. The molecule has 4 rings (SSSR count). The molecule has 1 aromatic carbocycles. The zero-order valence-electron chi connectivity index (χ0n) is 18.1. The number of sulfonamides is 1. The van der Waals surface area contributed by atoms with E-state index in [-0.39, 0.29) is 29.2 Å². The number of halogens is 3. The quantitative estimate of drug-likeness (QED) is 0.518. The van der Waals surface area contributed by atoms with Crippen LogP contribution in [0, 0.1) is 0 Å². The molecule has 0 unspecified atom stereocenters. The summed E-state index contributed by atoms with van der Waals surface area (Å²) in [6.07, 6.45) is -0.474. The maximum Gasteiger partial charge on any atom is 0.420 e. The van der Waals surface area contributed by atoms with Gasteiger partial charge < -0.3 is 10.4 Å². The van der Waals surface area contributed by atoms with Gasteiger partial charge in [0.25, 0.3) is 0 Å². The van der Waals surface area contributed by atoms with Gasteiger partial charge in [0, 0.05) is 37.1 Å². The fourth-order valence-corrected chi connectivity index (χ4v) is 5.59. The monoisotopic (exact) mass is 513 g/mol. The van der Waals surface area contributed by atoms with E-state index in [1.54, 1.807) is 24.3 Å². The highest BCUT2D eigenvalue weighted by Gasteiger charge is 2.36. The molecule has 0 bridgehead atoms. The molecule has 34 heavy (non-hydrogen) atoms. The van der Waals surface area contributed by atoms with Crippen molar-refractivity contribution in [3.63, 3.8) is 0 Å². The number of hydrogen-bond acceptors (Lipinski definition) is 8. The second kappa shape index (κ2) is 9.56. The maximum atomic E-state index is 13.7. The predicted molar refractivity (Wildman–Crippen MR) is 123 cm³/mol. The minimum atomic E-state index is -4.66. The Balaban J connectivity index is 1.62. The number of thiazole rings is 1. The average molecular weight is 514 g/mol. The highest BCUT2D eigenvalue weighted by Crippen LogP contribution is 2.40. The molecule has 0 spiro atoms. The summed E-state index contributed by atoms with van der Waals surface area (Å²) in [4.78, 5) is 12.5. The summed E-state index contributed by atoms with van der Waals surface area (Å²) in [6, 6.07) is 6.82. The Labute approximate surface area is 198 Å². The van der Waals surface area contributed by atoms with Gasteiger partial charge in [-0.1, -0.05) is 24.3 Å². The zero-order valence-corrected chi connectivity index (χ0v) is 19.7. The largest absolute Gasteiger partial charge is 0.420 e. The van der Waals surface area contributed by atoms with E-state index in [1.165, 1.54) is 10.5 Å². The molecule has 3 heterocycles. The highest BCUT2D eigenvalue weighted by atomic mass is 32.2. The summed E-state index contributed by atoms with van der Waals surface area (Å²) in [6.45, 7) is 0.400. The molecule has 0 saturated carbocycles. The second-order valence-corrected chi connectivity index (χ2v) is 10.9. The summed E-state index contributed by atoms with van der Waals surface area (Å²) in [7, 11) is -3.28. The van der Waals surface area contributed by atoms with E-state index in [4.69, 9.17) is 0 Å². The van der Waals surface area contributed by atoms with Crippen molar-refractivity contribution in [1.82, 2.24) is 19.3 Å². The van der Waals surface area contributed by atoms with Gasteiger partial charge in [0.15, 0.2) is 0 Å². The molecular formula is C21H22F3N5O3S2. The number of anilines is 1. The average Bonchev–Trinajstić information content (AvgIpc) is 3.28. The fraction of sp³-hybridized carbons (Fsp3) is 0.381. The Morgan fingerprint density at radius 1 is 1.18 bits per heavy atom. The standard InChI is InChI=1S/C21H22F3N5O3S2/c1-34(31,32)29-8-6-14(7-9-29)27-20-26-10-16(21(22,23)24)18(28-20)17-11-25-19(33-17)15-5-3-2-4-13(15)12-30/h2-5,10-11,14,30H,6-9,12H2,1H3,(H,26,27,28). The third-order valence-corrected chi connectivity index (χ3v) is 7.85. The Kier molecular flexibility index (Phi) is 6.90. The molecule has 1 aliphatic heterocycles. The molecule has 0 radical (unpaired) electrons. The number of aliphatic hydroxyl groups excluding tert-OH is 1. The SMILES string of the molecule is CS(=O)(=O)N1CCC(Nc2ncc(C(F)(F)F)c(-c3cnc(-c4ccccc4CO)s3)n2)CC1. The van der Waals surface area contributed by atoms with E-state index in [9.17, 15) is 26.7 Å². The van der Waals surface area contributed by atoms with E-state index in [0.29, 0.717) is 42.1 Å². The molecule has 0 aliphatic carbocycles. The van der Waals surface area contributed by atoms with Crippen molar-refractivity contribution in [3.8, 4) is 21.1 Å². The summed E-state index contributed by atoms with van der Waals surface area (Å²) < 4.78 is 65.9. The first-order valence-electron chi connectivity index (χ1n) is 10.4. The Bertz CT molecular complexity index is 1270. The molecule has 13 heteroatoms. The van der Waals surface area contributed by atoms with Crippen LogP contribution in [0.4, 0.5) is 19.1 Å². The molecule has 1 aliphatic rings. The number of aromatic nitrogens is 3. The van der Waals surface area contributed by atoms with Crippen molar-refractivity contribution in [1.29, 1.82) is 0 Å². The number of nitrogens with zero attached hydrogens (tertiary/aromatic N) is 4. The summed E-state index contributed by atoms with van der Waals surface area (Å²) in [5, 5.41) is 13.1. The van der Waals surface area contributed by atoms with Crippen molar-refractivity contribution < 1.29 is 26.7 Å². The first-order valence-corrected chi connectivity index (χ1v) is 13.0. The number of nitrogens with one attached hydrogen (secondary N) is 1. The van der Waals surface area contributed by atoms with Crippen LogP contribution in [0.2, 0.25) is 0 Å². The van der Waals surface area contributed by atoms with Gasteiger partial charge in [-0.3, -0.25) is 0 Å². The predicted octanol–water partition coefficient (Wildman–Crippen LogP) is 3.61. The van der Waals surface area contributed by atoms with Crippen LogP contribution in [0.5, 0.6) is 0 Å². The number of piperidine rings is 1. The number of benzene rings is 1. The molecule has 182 valence electrons. The summed E-state index contributed by atoms with van der Waals surface area (Å²) in [5.41, 5.74) is -0.0100. The summed E-state index contributed by atoms with van der Waals surface area (Å²) >= 11 is 1.04. The first-order chi connectivity index (χ1) is 16.1. The molecular weight excluding hydrogens is 491 g/mol. The topological polar surface area (TPSA) is 108 Å². The normalized spacial score (nSPS) is 16.0. The molecule has 0 amide bonds. The van der Waals surface area contributed by atoms with Crippen LogP contribution in [0.25, 0.3) is 21.1 Å². The first kappa shape index (κ1) is 24.5. The third kappa shape index (κ3) is 5.37.